The van der Waals surface area contributed by atoms with Crippen molar-refractivity contribution in [3.8, 4) is 0 Å². The van der Waals surface area contributed by atoms with Crippen LogP contribution < -0.4 is 11.3 Å². The minimum Gasteiger partial charge on any atom is -0.416 e. The van der Waals surface area contributed by atoms with Crippen molar-refractivity contribution in [2.75, 3.05) is 5.43 Å². The summed E-state index contributed by atoms with van der Waals surface area (Å²) in [4.78, 5) is 5.16. The number of hydrazine groups is 1. The van der Waals surface area contributed by atoms with Crippen molar-refractivity contribution in [1.82, 2.24) is 15.2 Å². The number of nitrogens with two attached hydrogens (primary N) is 1. The van der Waals surface area contributed by atoms with Gasteiger partial charge in [0.05, 0.1) is 0 Å². The molecule has 0 saturated carbocycles. The normalized spacial score (nSPS) is 10.5. The first-order valence-electron chi connectivity index (χ1n) is 4.12. The van der Waals surface area contributed by atoms with Crippen LogP contribution in [-0.2, 0) is 5.75 Å². The summed E-state index contributed by atoms with van der Waals surface area (Å²) in [7, 11) is 0. The van der Waals surface area contributed by atoms with Gasteiger partial charge in [0.15, 0.2) is 5.13 Å². The van der Waals surface area contributed by atoms with Crippen LogP contribution in [0.3, 0.4) is 0 Å². The molecule has 0 aliphatic rings. The Bertz CT molecular complexity index is 440. The Morgan fingerprint density at radius 2 is 2.47 bits per heavy atom. The fourth-order valence-electron chi connectivity index (χ4n) is 0.911. The third-order valence-electron chi connectivity index (χ3n) is 1.52. The second kappa shape index (κ2) is 4.60. The lowest BCUT2D eigenvalue weighted by Gasteiger charge is -1.91. The zero-order chi connectivity index (χ0) is 10.7. The number of hydrogen-bond acceptors (Lipinski definition) is 8. The van der Waals surface area contributed by atoms with Gasteiger partial charge in [0.1, 0.15) is 0 Å². The molecule has 2 aromatic rings. The van der Waals surface area contributed by atoms with Crippen molar-refractivity contribution in [1.29, 1.82) is 0 Å². The predicted molar refractivity (Wildman–Crippen MR) is 58.5 cm³/mol. The number of nitrogens with one attached hydrogen (secondary N) is 1. The van der Waals surface area contributed by atoms with E-state index in [0.717, 1.165) is 10.6 Å². The van der Waals surface area contributed by atoms with Crippen LogP contribution >= 0.6 is 23.1 Å². The lowest BCUT2D eigenvalue weighted by atomic mass is 10.6. The fraction of sp³-hybridized carbons (Fsp3) is 0.286. The summed E-state index contributed by atoms with van der Waals surface area (Å²) in [5.41, 5.74) is 2.50. The van der Waals surface area contributed by atoms with E-state index in [1.165, 1.54) is 23.1 Å². The number of rotatable bonds is 4. The molecular weight excluding hydrogens is 234 g/mol. The molecule has 2 rings (SSSR count). The third-order valence-corrected chi connectivity index (χ3v) is 3.50. The fourth-order valence-corrected chi connectivity index (χ4v) is 2.46. The highest BCUT2D eigenvalue weighted by atomic mass is 32.2. The molecule has 3 N–H and O–H groups in total. The molecule has 0 unspecified atom stereocenters. The molecule has 0 spiro atoms. The summed E-state index contributed by atoms with van der Waals surface area (Å²) < 4.78 is 5.22. The Morgan fingerprint density at radius 3 is 3.07 bits per heavy atom. The molecule has 0 fully saturated rings. The van der Waals surface area contributed by atoms with Gasteiger partial charge in [-0.1, -0.05) is 23.1 Å². The lowest BCUT2D eigenvalue weighted by molar-refractivity contribution is 0.429. The molecule has 2 aromatic heterocycles. The highest BCUT2D eigenvalue weighted by Gasteiger charge is 2.05. The number of anilines is 1. The topological polar surface area (TPSA) is 89.9 Å². The Balaban J connectivity index is 1.93. The predicted octanol–water partition coefficient (Wildman–Crippen LogP) is 1.41. The molecule has 0 radical (unpaired) electrons. The number of hydrogen-bond donors (Lipinski definition) is 2. The average molecular weight is 243 g/mol. The molecule has 0 amide bonds. The first kappa shape index (κ1) is 10.4. The van der Waals surface area contributed by atoms with Gasteiger partial charge < -0.3 is 4.42 Å². The maximum absolute atomic E-state index is 5.22. The highest BCUT2D eigenvalue weighted by Crippen LogP contribution is 2.26. The third kappa shape index (κ3) is 2.67. The van der Waals surface area contributed by atoms with Gasteiger partial charge in [0.2, 0.25) is 5.89 Å². The van der Waals surface area contributed by atoms with Crippen molar-refractivity contribution in [3.63, 3.8) is 0 Å². The first-order valence-corrected chi connectivity index (χ1v) is 5.92. The maximum Gasteiger partial charge on any atom is 0.276 e. The van der Waals surface area contributed by atoms with Gasteiger partial charge in [0, 0.05) is 23.8 Å². The number of aromatic nitrogens is 3. The van der Waals surface area contributed by atoms with E-state index in [0.29, 0.717) is 16.2 Å². The second-order valence-electron chi connectivity index (χ2n) is 2.65. The number of thioether (sulfide) groups is 1. The summed E-state index contributed by atoms with van der Waals surface area (Å²) in [5, 5.41) is 8.89. The SMILES string of the molecule is Cc1nnc(SCc2cnc(NN)s2)o1. The Kier molecular flexibility index (Phi) is 3.19. The largest absolute Gasteiger partial charge is 0.416 e. The molecule has 0 saturated heterocycles. The van der Waals surface area contributed by atoms with Crippen LogP contribution in [0.15, 0.2) is 15.8 Å². The summed E-state index contributed by atoms with van der Waals surface area (Å²) in [6, 6.07) is 0. The lowest BCUT2D eigenvalue weighted by Crippen LogP contribution is -2.05. The molecule has 0 aromatic carbocycles. The van der Waals surface area contributed by atoms with E-state index in [9.17, 15) is 0 Å². The number of thiazole rings is 1. The Morgan fingerprint density at radius 1 is 1.60 bits per heavy atom. The second-order valence-corrected chi connectivity index (χ2v) is 4.69. The maximum atomic E-state index is 5.22. The van der Waals surface area contributed by atoms with Crippen LogP contribution in [0.1, 0.15) is 10.8 Å². The van der Waals surface area contributed by atoms with Gasteiger partial charge in [-0.05, 0) is 0 Å². The van der Waals surface area contributed by atoms with Gasteiger partial charge >= 0.3 is 0 Å². The van der Waals surface area contributed by atoms with Gasteiger partial charge in [-0.2, -0.15) is 0 Å². The molecule has 0 aliphatic carbocycles. The molecular formula is C7H9N5OS2. The number of nitrogen functional groups attached to an aromatic ring is 1. The minimum absolute atomic E-state index is 0.572. The molecule has 80 valence electrons. The van der Waals surface area contributed by atoms with Crippen LogP contribution in [0.4, 0.5) is 5.13 Å². The van der Waals surface area contributed by atoms with E-state index in [4.69, 9.17) is 10.3 Å². The molecule has 0 bridgehead atoms. The summed E-state index contributed by atoms with van der Waals surface area (Å²) in [6.07, 6.45) is 1.77. The molecule has 0 aliphatic heterocycles. The minimum atomic E-state index is 0.572. The van der Waals surface area contributed by atoms with Crippen molar-refractivity contribution >= 4 is 28.2 Å². The van der Waals surface area contributed by atoms with Gasteiger partial charge in [-0.15, -0.1) is 10.2 Å². The monoisotopic (exact) mass is 243 g/mol. The summed E-state index contributed by atoms with van der Waals surface area (Å²) in [5.74, 6) is 6.55. The van der Waals surface area contributed by atoms with Crippen molar-refractivity contribution < 1.29 is 4.42 Å². The molecule has 2 heterocycles. The molecule has 15 heavy (non-hydrogen) atoms. The smallest absolute Gasteiger partial charge is 0.276 e. The average Bonchev–Trinajstić information content (AvgIpc) is 2.83. The standard InChI is InChI=1S/C7H9N5OS2/c1-4-11-12-7(13-4)14-3-5-2-9-6(10-8)15-5/h2H,3,8H2,1H3,(H,9,10). The van der Waals surface area contributed by atoms with Gasteiger partial charge in [-0.25, -0.2) is 10.8 Å². The summed E-state index contributed by atoms with van der Waals surface area (Å²) in [6.45, 7) is 1.76. The van der Waals surface area contributed by atoms with E-state index in [2.05, 4.69) is 20.6 Å². The molecule has 6 nitrogen and oxygen atoms in total. The zero-order valence-corrected chi connectivity index (χ0v) is 9.56. The van der Waals surface area contributed by atoms with Crippen LogP contribution in [0, 0.1) is 6.92 Å². The number of aryl methyl sites for hydroxylation is 1. The van der Waals surface area contributed by atoms with E-state index in [-0.39, 0.29) is 0 Å². The van der Waals surface area contributed by atoms with E-state index in [1.54, 1.807) is 13.1 Å². The van der Waals surface area contributed by atoms with Crippen LogP contribution in [-0.4, -0.2) is 15.2 Å². The van der Waals surface area contributed by atoms with E-state index < -0.39 is 0 Å². The highest BCUT2D eigenvalue weighted by molar-refractivity contribution is 7.98. The Hall–Kier alpha value is -1.12. The Labute approximate surface area is 94.3 Å². The van der Waals surface area contributed by atoms with Gasteiger partial charge in [-0.3, -0.25) is 5.43 Å². The molecule has 8 heteroatoms. The molecule has 0 atom stereocenters. The van der Waals surface area contributed by atoms with Crippen LogP contribution in [0.2, 0.25) is 0 Å². The van der Waals surface area contributed by atoms with Crippen LogP contribution in [0.25, 0.3) is 0 Å². The van der Waals surface area contributed by atoms with Crippen molar-refractivity contribution in [2.45, 2.75) is 17.9 Å². The quantitative estimate of drug-likeness (QED) is 0.476. The van der Waals surface area contributed by atoms with Crippen molar-refractivity contribution in [3.05, 3.63) is 17.0 Å². The first-order chi connectivity index (χ1) is 7.28. The number of nitrogens with zero attached hydrogens (tertiary/aromatic N) is 3. The van der Waals surface area contributed by atoms with Crippen LogP contribution in [0.5, 0.6) is 0 Å². The van der Waals surface area contributed by atoms with E-state index in [1.807, 2.05) is 0 Å². The zero-order valence-electron chi connectivity index (χ0n) is 7.93. The summed E-state index contributed by atoms with van der Waals surface area (Å²) >= 11 is 2.98. The van der Waals surface area contributed by atoms with Crippen molar-refractivity contribution in [2.24, 2.45) is 5.84 Å². The van der Waals surface area contributed by atoms with E-state index >= 15 is 0 Å². The van der Waals surface area contributed by atoms with Gasteiger partial charge in [0.25, 0.3) is 5.22 Å².